The molecule has 0 fully saturated rings. The highest BCUT2D eigenvalue weighted by atomic mass is 16.7. The molecule has 0 saturated carbocycles. The van der Waals surface area contributed by atoms with Gasteiger partial charge in [0.25, 0.3) is 6.29 Å². The molecule has 0 saturated heterocycles. The van der Waals surface area contributed by atoms with Crippen molar-refractivity contribution in [2.45, 2.75) is 39.3 Å². The Balaban J connectivity index is 2.84. The van der Waals surface area contributed by atoms with Crippen LogP contribution in [0.4, 0.5) is 0 Å². The summed E-state index contributed by atoms with van der Waals surface area (Å²) >= 11 is 0. The molecule has 7 heteroatoms. The summed E-state index contributed by atoms with van der Waals surface area (Å²) in [5, 5.41) is 0. The number of ether oxygens (including phenoxy) is 4. The molecule has 3 unspecified atom stereocenters. The van der Waals surface area contributed by atoms with Crippen LogP contribution in [0.5, 0.6) is 0 Å². The molecule has 18 heavy (non-hydrogen) atoms. The van der Waals surface area contributed by atoms with Crippen LogP contribution in [0.1, 0.15) is 20.8 Å². The van der Waals surface area contributed by atoms with Gasteiger partial charge in [-0.1, -0.05) is 0 Å². The minimum Gasteiger partial charge on any atom is -0.458 e. The summed E-state index contributed by atoms with van der Waals surface area (Å²) in [6.07, 6.45) is 0.414. The fraction of sp³-hybridized carbons (Fsp3) is 0.545. The zero-order chi connectivity index (χ0) is 13.7. The number of esters is 3. The molecule has 99 valence electrons. The van der Waals surface area contributed by atoms with Crippen LogP contribution in [0.25, 0.3) is 0 Å². The second kappa shape index (κ2) is 6.04. The topological polar surface area (TPSA) is 88.1 Å². The van der Waals surface area contributed by atoms with Crippen molar-refractivity contribution in [3.8, 4) is 0 Å². The molecule has 0 bridgehead atoms. The average molecular weight is 257 g/mol. The maximum atomic E-state index is 11.0. The van der Waals surface area contributed by atoms with E-state index < -0.39 is 36.4 Å². The molecule has 0 spiro atoms. The molecule has 1 aliphatic rings. The lowest BCUT2D eigenvalue weighted by Gasteiger charge is -2.31. The molecule has 1 aliphatic heterocycles. The Labute approximate surface area is 104 Å². The maximum absolute atomic E-state index is 11.0. The lowest BCUT2D eigenvalue weighted by molar-refractivity contribution is -0.218. The van der Waals surface area contributed by atoms with E-state index in [2.05, 4.69) is 6.08 Å². The van der Waals surface area contributed by atoms with E-state index in [4.69, 9.17) is 18.9 Å². The summed E-state index contributed by atoms with van der Waals surface area (Å²) < 4.78 is 19.6. The van der Waals surface area contributed by atoms with Crippen molar-refractivity contribution in [1.82, 2.24) is 0 Å². The van der Waals surface area contributed by atoms with E-state index in [0.717, 1.165) is 6.26 Å². The van der Waals surface area contributed by atoms with Gasteiger partial charge in [0.05, 0.1) is 6.26 Å². The molecule has 0 N–H and O–H groups in total. The van der Waals surface area contributed by atoms with E-state index in [1.807, 2.05) is 0 Å². The van der Waals surface area contributed by atoms with E-state index in [0.29, 0.717) is 0 Å². The predicted molar refractivity (Wildman–Crippen MR) is 55.6 cm³/mol. The van der Waals surface area contributed by atoms with Crippen LogP contribution in [0.2, 0.25) is 0 Å². The van der Waals surface area contributed by atoms with Crippen molar-refractivity contribution in [3.05, 3.63) is 12.3 Å². The normalized spacial score (nSPS) is 25.8. The zero-order valence-corrected chi connectivity index (χ0v) is 10.2. The number of carbonyl (C=O) groups is 3. The van der Waals surface area contributed by atoms with Crippen molar-refractivity contribution in [3.63, 3.8) is 0 Å². The minimum atomic E-state index is -1.17. The average Bonchev–Trinajstić information content (AvgIpc) is 2.20. The third-order valence-electron chi connectivity index (χ3n) is 1.88. The zero-order valence-electron chi connectivity index (χ0n) is 10.2. The number of rotatable bonds is 3. The Hall–Kier alpha value is -2.05. The van der Waals surface area contributed by atoms with E-state index in [1.165, 1.54) is 20.8 Å². The van der Waals surface area contributed by atoms with Gasteiger partial charge in [-0.2, -0.15) is 0 Å². The van der Waals surface area contributed by atoms with Crippen molar-refractivity contribution < 1.29 is 33.3 Å². The summed E-state index contributed by atoms with van der Waals surface area (Å²) in [5.41, 5.74) is 0. The molecule has 1 rings (SSSR count). The molecule has 0 aromatic carbocycles. The fourth-order valence-corrected chi connectivity index (χ4v) is 1.34. The van der Waals surface area contributed by atoms with Crippen molar-refractivity contribution in [1.29, 1.82) is 0 Å². The van der Waals surface area contributed by atoms with Gasteiger partial charge in [0, 0.05) is 26.8 Å². The lowest BCUT2D eigenvalue weighted by Crippen LogP contribution is -2.47. The third-order valence-corrected chi connectivity index (χ3v) is 1.88. The SMILES string of the molecule is CC(=O)OC1[C]=COC(OC(C)=O)C1OC(C)=O. The van der Waals surface area contributed by atoms with Crippen LogP contribution in [-0.2, 0) is 33.3 Å². The Kier molecular flexibility index (Phi) is 4.70. The summed E-state index contributed by atoms with van der Waals surface area (Å²) in [4.78, 5) is 32.8. The number of carbonyl (C=O) groups excluding carboxylic acids is 3. The predicted octanol–water partition coefficient (Wildman–Crippen LogP) is 0.0861. The Morgan fingerprint density at radius 2 is 1.56 bits per heavy atom. The largest absolute Gasteiger partial charge is 0.458 e. The molecule has 0 aliphatic carbocycles. The van der Waals surface area contributed by atoms with E-state index >= 15 is 0 Å². The second-order valence-electron chi connectivity index (χ2n) is 3.50. The Morgan fingerprint density at radius 3 is 2.06 bits per heavy atom. The molecular formula is C11H13O7. The molecular weight excluding hydrogens is 244 g/mol. The quantitative estimate of drug-likeness (QED) is 0.522. The van der Waals surface area contributed by atoms with Gasteiger partial charge in [-0.15, -0.1) is 0 Å². The molecule has 1 radical (unpaired) electrons. The fourth-order valence-electron chi connectivity index (χ4n) is 1.34. The molecule has 0 aromatic rings. The number of hydrogen-bond donors (Lipinski definition) is 0. The van der Waals surface area contributed by atoms with Crippen molar-refractivity contribution >= 4 is 17.9 Å². The third kappa shape index (κ3) is 4.08. The summed E-state index contributed by atoms with van der Waals surface area (Å²) in [5.74, 6) is -1.82. The van der Waals surface area contributed by atoms with E-state index in [1.54, 1.807) is 0 Å². The standard InChI is InChI=1S/C11H13O7/c1-6(12)16-9-4-5-15-11(18-8(3)14)10(9)17-7(2)13/h5,9-11H,1-3H3. The minimum absolute atomic E-state index is 0.582. The second-order valence-corrected chi connectivity index (χ2v) is 3.50. The monoisotopic (exact) mass is 257 g/mol. The van der Waals surface area contributed by atoms with Crippen LogP contribution < -0.4 is 0 Å². The first-order chi connectivity index (χ1) is 8.40. The maximum Gasteiger partial charge on any atom is 0.305 e. The van der Waals surface area contributed by atoms with Crippen molar-refractivity contribution in [2.75, 3.05) is 0 Å². The molecule has 0 aromatic heterocycles. The van der Waals surface area contributed by atoms with Crippen LogP contribution in [0.3, 0.4) is 0 Å². The van der Waals surface area contributed by atoms with Gasteiger partial charge in [-0.25, -0.2) is 0 Å². The molecule has 1 heterocycles. The highest BCUT2D eigenvalue weighted by Gasteiger charge is 2.39. The lowest BCUT2D eigenvalue weighted by atomic mass is 10.1. The van der Waals surface area contributed by atoms with Crippen LogP contribution in [-0.4, -0.2) is 36.4 Å². The first-order valence-corrected chi connectivity index (χ1v) is 5.15. The van der Waals surface area contributed by atoms with Gasteiger partial charge < -0.3 is 18.9 Å². The smallest absolute Gasteiger partial charge is 0.305 e. The van der Waals surface area contributed by atoms with E-state index in [-0.39, 0.29) is 0 Å². The van der Waals surface area contributed by atoms with Gasteiger partial charge in [0.1, 0.15) is 0 Å². The van der Waals surface area contributed by atoms with Crippen LogP contribution in [0, 0.1) is 6.08 Å². The van der Waals surface area contributed by atoms with E-state index in [9.17, 15) is 14.4 Å². The van der Waals surface area contributed by atoms with Crippen LogP contribution in [0.15, 0.2) is 6.26 Å². The van der Waals surface area contributed by atoms with Gasteiger partial charge in [0.2, 0.25) is 6.10 Å². The Morgan fingerprint density at radius 1 is 1.00 bits per heavy atom. The number of hydrogen-bond acceptors (Lipinski definition) is 7. The molecule has 7 nitrogen and oxygen atoms in total. The van der Waals surface area contributed by atoms with Gasteiger partial charge >= 0.3 is 17.9 Å². The highest BCUT2D eigenvalue weighted by molar-refractivity contribution is 5.68. The van der Waals surface area contributed by atoms with Gasteiger partial charge in [0.15, 0.2) is 6.10 Å². The molecule has 0 amide bonds. The van der Waals surface area contributed by atoms with Crippen LogP contribution >= 0.6 is 0 Å². The van der Waals surface area contributed by atoms with Gasteiger partial charge in [-0.3, -0.25) is 14.4 Å². The first-order valence-electron chi connectivity index (χ1n) is 5.15. The van der Waals surface area contributed by atoms with Gasteiger partial charge in [-0.05, 0) is 0 Å². The first kappa shape index (κ1) is 14.0. The highest BCUT2D eigenvalue weighted by Crippen LogP contribution is 2.19. The Bertz CT molecular complexity index is 374. The van der Waals surface area contributed by atoms with Crippen molar-refractivity contribution in [2.24, 2.45) is 0 Å². The molecule has 3 atom stereocenters. The summed E-state index contributed by atoms with van der Waals surface area (Å²) in [6, 6.07) is 0. The summed E-state index contributed by atoms with van der Waals surface area (Å²) in [7, 11) is 0. The summed E-state index contributed by atoms with van der Waals surface area (Å²) in [6.45, 7) is 3.55.